The van der Waals surface area contributed by atoms with E-state index in [-0.39, 0.29) is 23.9 Å². The Balaban J connectivity index is 1.63. The molecular weight excluding hydrogens is 392 g/mol. The van der Waals surface area contributed by atoms with Crippen LogP contribution in [0.1, 0.15) is 28.9 Å². The maximum Gasteiger partial charge on any atom is 0.222 e. The SMILES string of the molecule is COc1ncccc1-c1ccc(N)c(C(=O)Cc2cnccc2N2CCC[C@H](N)C2)n1. The summed E-state index contributed by atoms with van der Waals surface area (Å²) in [5.41, 5.74) is 15.9. The molecule has 4 heterocycles. The number of piperidine rings is 1. The molecular formula is C23H26N6O2. The Labute approximate surface area is 181 Å². The van der Waals surface area contributed by atoms with Crippen LogP contribution in [0, 0.1) is 0 Å². The number of hydrogen-bond donors (Lipinski definition) is 2. The van der Waals surface area contributed by atoms with Crippen LogP contribution in [0.25, 0.3) is 11.3 Å². The van der Waals surface area contributed by atoms with Gasteiger partial charge < -0.3 is 21.1 Å². The molecule has 0 aliphatic carbocycles. The summed E-state index contributed by atoms with van der Waals surface area (Å²) in [4.78, 5) is 28.4. The number of nitrogens with two attached hydrogens (primary N) is 2. The van der Waals surface area contributed by atoms with Crippen molar-refractivity contribution in [3.8, 4) is 17.1 Å². The Hall–Kier alpha value is -3.52. The Bertz CT molecular complexity index is 1090. The lowest BCUT2D eigenvalue weighted by Crippen LogP contribution is -2.43. The molecule has 4 N–H and O–H groups in total. The fraction of sp³-hybridized carbons (Fsp3) is 0.304. The molecule has 3 aromatic heterocycles. The molecule has 1 saturated heterocycles. The molecule has 1 atom stereocenters. The minimum atomic E-state index is -0.169. The first kappa shape index (κ1) is 20.7. The number of aromatic nitrogens is 3. The van der Waals surface area contributed by atoms with E-state index in [9.17, 15) is 4.79 Å². The smallest absolute Gasteiger partial charge is 0.222 e. The summed E-state index contributed by atoms with van der Waals surface area (Å²) in [6, 6.07) is 9.16. The summed E-state index contributed by atoms with van der Waals surface area (Å²) in [6.07, 6.45) is 7.31. The van der Waals surface area contributed by atoms with Gasteiger partial charge in [0.25, 0.3) is 0 Å². The third-order valence-corrected chi connectivity index (χ3v) is 5.46. The van der Waals surface area contributed by atoms with Gasteiger partial charge in [0.15, 0.2) is 5.78 Å². The summed E-state index contributed by atoms with van der Waals surface area (Å²) >= 11 is 0. The molecule has 0 spiro atoms. The van der Waals surface area contributed by atoms with Crippen molar-refractivity contribution in [1.82, 2.24) is 15.0 Å². The van der Waals surface area contributed by atoms with Crippen LogP contribution in [-0.2, 0) is 6.42 Å². The van der Waals surface area contributed by atoms with Crippen LogP contribution in [0.2, 0.25) is 0 Å². The second kappa shape index (κ2) is 9.09. The van der Waals surface area contributed by atoms with E-state index in [4.69, 9.17) is 16.2 Å². The fourth-order valence-corrected chi connectivity index (χ4v) is 3.94. The van der Waals surface area contributed by atoms with E-state index < -0.39 is 0 Å². The van der Waals surface area contributed by atoms with E-state index in [2.05, 4.69) is 19.9 Å². The molecule has 31 heavy (non-hydrogen) atoms. The second-order valence-electron chi connectivity index (χ2n) is 7.65. The molecule has 0 saturated carbocycles. The molecule has 0 radical (unpaired) electrons. The first-order chi connectivity index (χ1) is 15.1. The number of hydrogen-bond acceptors (Lipinski definition) is 8. The van der Waals surface area contributed by atoms with E-state index in [0.717, 1.165) is 37.2 Å². The minimum absolute atomic E-state index is 0.133. The van der Waals surface area contributed by atoms with E-state index in [1.807, 2.05) is 12.1 Å². The molecule has 1 fully saturated rings. The predicted molar refractivity (Wildman–Crippen MR) is 120 cm³/mol. The first-order valence-electron chi connectivity index (χ1n) is 10.3. The van der Waals surface area contributed by atoms with E-state index in [1.165, 1.54) is 0 Å². The summed E-state index contributed by atoms with van der Waals surface area (Å²) < 4.78 is 5.33. The van der Waals surface area contributed by atoms with Crippen LogP contribution < -0.4 is 21.1 Å². The number of ether oxygens (including phenoxy) is 1. The number of ketones is 1. The third kappa shape index (κ3) is 4.49. The lowest BCUT2D eigenvalue weighted by Gasteiger charge is -2.33. The summed E-state index contributed by atoms with van der Waals surface area (Å²) in [5.74, 6) is 0.270. The van der Waals surface area contributed by atoms with Gasteiger partial charge in [-0.2, -0.15) is 0 Å². The topological polar surface area (TPSA) is 120 Å². The van der Waals surface area contributed by atoms with Crippen LogP contribution >= 0.6 is 0 Å². The van der Waals surface area contributed by atoms with Gasteiger partial charge in [0, 0.05) is 55.4 Å². The van der Waals surface area contributed by atoms with Crippen molar-refractivity contribution in [3.63, 3.8) is 0 Å². The largest absolute Gasteiger partial charge is 0.481 e. The van der Waals surface area contributed by atoms with Crippen molar-refractivity contribution >= 4 is 17.2 Å². The number of Topliss-reactive ketones (excluding diaryl/α,β-unsaturated/α-hetero) is 1. The number of methoxy groups -OCH3 is 1. The molecule has 0 unspecified atom stereocenters. The Morgan fingerprint density at radius 2 is 2.13 bits per heavy atom. The Morgan fingerprint density at radius 3 is 2.94 bits per heavy atom. The van der Waals surface area contributed by atoms with Gasteiger partial charge in [0.1, 0.15) is 5.69 Å². The second-order valence-corrected chi connectivity index (χ2v) is 7.65. The van der Waals surface area contributed by atoms with Crippen LogP contribution in [0.4, 0.5) is 11.4 Å². The van der Waals surface area contributed by atoms with Crippen molar-refractivity contribution in [3.05, 3.63) is 60.2 Å². The quantitative estimate of drug-likeness (QED) is 0.586. The fourth-order valence-electron chi connectivity index (χ4n) is 3.94. The van der Waals surface area contributed by atoms with Gasteiger partial charge in [-0.15, -0.1) is 0 Å². The number of nitrogen functional groups attached to an aromatic ring is 1. The van der Waals surface area contributed by atoms with Crippen LogP contribution in [-0.4, -0.2) is 47.0 Å². The zero-order valence-electron chi connectivity index (χ0n) is 17.5. The average Bonchev–Trinajstić information content (AvgIpc) is 2.79. The zero-order chi connectivity index (χ0) is 21.8. The van der Waals surface area contributed by atoms with E-state index in [1.54, 1.807) is 43.9 Å². The minimum Gasteiger partial charge on any atom is -0.481 e. The highest BCUT2D eigenvalue weighted by molar-refractivity contribution is 6.01. The molecule has 8 nitrogen and oxygen atoms in total. The first-order valence-corrected chi connectivity index (χ1v) is 10.3. The maximum absolute atomic E-state index is 13.2. The molecule has 1 aliphatic heterocycles. The molecule has 160 valence electrons. The average molecular weight is 419 g/mol. The van der Waals surface area contributed by atoms with Crippen LogP contribution in [0.3, 0.4) is 0 Å². The van der Waals surface area contributed by atoms with Gasteiger partial charge >= 0.3 is 0 Å². The Morgan fingerprint density at radius 1 is 1.26 bits per heavy atom. The van der Waals surface area contributed by atoms with Gasteiger partial charge in [-0.3, -0.25) is 9.78 Å². The van der Waals surface area contributed by atoms with Crippen molar-refractivity contribution in [2.75, 3.05) is 30.8 Å². The standard InChI is InChI=1S/C23H26N6O2/c1-31-23-17(5-2-9-27-23)19-7-6-18(25)22(28-19)21(30)12-15-13-26-10-8-20(15)29-11-3-4-16(24)14-29/h2,5-10,13,16H,3-4,11-12,14,24-25H2,1H3/t16-/m0/s1. The predicted octanol–water partition coefficient (Wildman–Crippen LogP) is 2.48. The molecule has 3 aromatic rings. The van der Waals surface area contributed by atoms with Gasteiger partial charge in [0.05, 0.1) is 24.1 Å². The molecule has 0 amide bonds. The molecule has 0 bridgehead atoms. The van der Waals surface area contributed by atoms with E-state index >= 15 is 0 Å². The molecule has 4 rings (SSSR count). The van der Waals surface area contributed by atoms with Gasteiger partial charge in [-0.25, -0.2) is 9.97 Å². The number of carbonyl (C=O) groups excluding carboxylic acids is 1. The van der Waals surface area contributed by atoms with Crippen molar-refractivity contribution in [1.29, 1.82) is 0 Å². The number of pyridine rings is 3. The van der Waals surface area contributed by atoms with Gasteiger partial charge in [0.2, 0.25) is 5.88 Å². The van der Waals surface area contributed by atoms with Crippen LogP contribution in [0.15, 0.2) is 48.9 Å². The lowest BCUT2D eigenvalue weighted by molar-refractivity contribution is 0.0989. The Kier molecular flexibility index (Phi) is 6.08. The number of nitrogens with zero attached hydrogens (tertiary/aromatic N) is 4. The molecule has 0 aromatic carbocycles. The van der Waals surface area contributed by atoms with Gasteiger partial charge in [-0.1, -0.05) is 0 Å². The number of rotatable bonds is 6. The van der Waals surface area contributed by atoms with E-state index in [0.29, 0.717) is 22.8 Å². The molecule has 8 heteroatoms. The monoisotopic (exact) mass is 418 g/mol. The summed E-state index contributed by atoms with van der Waals surface area (Å²) in [7, 11) is 1.55. The van der Waals surface area contributed by atoms with Gasteiger partial charge in [-0.05, 0) is 43.2 Å². The zero-order valence-corrected chi connectivity index (χ0v) is 17.5. The van der Waals surface area contributed by atoms with Crippen molar-refractivity contribution < 1.29 is 9.53 Å². The third-order valence-electron chi connectivity index (χ3n) is 5.46. The summed E-state index contributed by atoms with van der Waals surface area (Å²) in [5, 5.41) is 0. The van der Waals surface area contributed by atoms with Crippen molar-refractivity contribution in [2.24, 2.45) is 5.73 Å². The maximum atomic E-state index is 13.2. The number of anilines is 2. The molecule has 1 aliphatic rings. The normalized spacial score (nSPS) is 16.2. The highest BCUT2D eigenvalue weighted by atomic mass is 16.5. The highest BCUT2D eigenvalue weighted by Gasteiger charge is 2.22. The summed E-state index contributed by atoms with van der Waals surface area (Å²) in [6.45, 7) is 1.68. The lowest BCUT2D eigenvalue weighted by atomic mass is 10.0. The van der Waals surface area contributed by atoms with Crippen molar-refractivity contribution in [2.45, 2.75) is 25.3 Å². The number of carbonyl (C=O) groups is 1. The highest BCUT2D eigenvalue weighted by Crippen LogP contribution is 2.29. The van der Waals surface area contributed by atoms with Crippen LogP contribution in [0.5, 0.6) is 5.88 Å².